The van der Waals surface area contributed by atoms with Crippen LogP contribution in [-0.2, 0) is 11.3 Å². The number of amides is 2. The molecular formula is C17H22Cl2N6O2. The molecule has 1 aliphatic rings. The summed E-state index contributed by atoms with van der Waals surface area (Å²) in [6.07, 6.45) is 1.51. The number of benzene rings is 1. The zero-order valence-corrected chi connectivity index (χ0v) is 16.7. The Hall–Kier alpha value is -2.16. The molecule has 0 bridgehead atoms. The fourth-order valence-electron chi connectivity index (χ4n) is 2.87. The van der Waals surface area contributed by atoms with Crippen LogP contribution in [0.2, 0.25) is 5.02 Å². The SMILES string of the molecule is CN(C)C(=O)Cn1cc(C(=O)N2CCNCC2c2ccccc2Cl)nn1.Cl. The van der Waals surface area contributed by atoms with Gasteiger partial charge < -0.3 is 15.1 Å². The molecule has 2 heterocycles. The summed E-state index contributed by atoms with van der Waals surface area (Å²) in [5, 5.41) is 11.8. The first-order chi connectivity index (χ1) is 12.5. The van der Waals surface area contributed by atoms with Crippen LogP contribution < -0.4 is 5.32 Å². The van der Waals surface area contributed by atoms with Crippen LogP contribution in [0.15, 0.2) is 30.5 Å². The Morgan fingerprint density at radius 1 is 1.33 bits per heavy atom. The molecule has 2 amide bonds. The van der Waals surface area contributed by atoms with E-state index in [-0.39, 0.29) is 42.5 Å². The van der Waals surface area contributed by atoms with Gasteiger partial charge in [-0.1, -0.05) is 35.0 Å². The first-order valence-electron chi connectivity index (χ1n) is 8.33. The molecule has 1 saturated heterocycles. The van der Waals surface area contributed by atoms with Gasteiger partial charge in [0, 0.05) is 38.8 Å². The topological polar surface area (TPSA) is 83.4 Å². The van der Waals surface area contributed by atoms with Crippen LogP contribution in [0.5, 0.6) is 0 Å². The summed E-state index contributed by atoms with van der Waals surface area (Å²) in [5.41, 5.74) is 1.11. The lowest BCUT2D eigenvalue weighted by Gasteiger charge is -2.36. The molecule has 10 heteroatoms. The average Bonchev–Trinajstić information content (AvgIpc) is 3.10. The van der Waals surface area contributed by atoms with E-state index < -0.39 is 0 Å². The van der Waals surface area contributed by atoms with Gasteiger partial charge in [-0.3, -0.25) is 9.59 Å². The molecule has 0 saturated carbocycles. The monoisotopic (exact) mass is 412 g/mol. The number of piperazine rings is 1. The Morgan fingerprint density at radius 3 is 2.78 bits per heavy atom. The number of aromatic nitrogens is 3. The minimum Gasteiger partial charge on any atom is -0.347 e. The molecule has 0 spiro atoms. The lowest BCUT2D eigenvalue weighted by molar-refractivity contribution is -0.129. The maximum Gasteiger partial charge on any atom is 0.276 e. The summed E-state index contributed by atoms with van der Waals surface area (Å²) in [7, 11) is 3.33. The molecular weight excluding hydrogens is 391 g/mol. The lowest BCUT2D eigenvalue weighted by atomic mass is 10.0. The molecule has 1 atom stereocenters. The number of nitrogens with zero attached hydrogens (tertiary/aromatic N) is 5. The van der Waals surface area contributed by atoms with Crippen LogP contribution in [0.4, 0.5) is 0 Å². The molecule has 1 aliphatic heterocycles. The Kier molecular flexibility index (Phi) is 7.18. The Morgan fingerprint density at radius 2 is 2.07 bits per heavy atom. The van der Waals surface area contributed by atoms with Crippen LogP contribution in [-0.4, -0.2) is 70.3 Å². The highest BCUT2D eigenvalue weighted by Gasteiger charge is 2.31. The van der Waals surface area contributed by atoms with Crippen LogP contribution in [0.25, 0.3) is 0 Å². The predicted octanol–water partition coefficient (Wildman–Crippen LogP) is 1.23. The summed E-state index contributed by atoms with van der Waals surface area (Å²) in [6, 6.07) is 7.33. The number of rotatable bonds is 4. The molecule has 1 N–H and O–H groups in total. The molecule has 27 heavy (non-hydrogen) atoms. The Labute approximate surface area is 168 Å². The van der Waals surface area contributed by atoms with Gasteiger partial charge in [0.2, 0.25) is 5.91 Å². The molecule has 1 aromatic heterocycles. The van der Waals surface area contributed by atoms with Crippen molar-refractivity contribution in [2.45, 2.75) is 12.6 Å². The quantitative estimate of drug-likeness (QED) is 0.816. The summed E-state index contributed by atoms with van der Waals surface area (Å²) in [6.45, 7) is 1.89. The van der Waals surface area contributed by atoms with Gasteiger partial charge in [-0.15, -0.1) is 17.5 Å². The van der Waals surface area contributed by atoms with Crippen molar-refractivity contribution in [3.8, 4) is 0 Å². The van der Waals surface area contributed by atoms with Crippen molar-refractivity contribution in [1.29, 1.82) is 0 Å². The van der Waals surface area contributed by atoms with Crippen LogP contribution >= 0.6 is 24.0 Å². The average molecular weight is 413 g/mol. The highest BCUT2D eigenvalue weighted by molar-refractivity contribution is 6.31. The zero-order chi connectivity index (χ0) is 18.7. The highest BCUT2D eigenvalue weighted by Crippen LogP contribution is 2.29. The smallest absolute Gasteiger partial charge is 0.276 e. The Bertz CT molecular complexity index is 810. The molecule has 1 fully saturated rings. The molecule has 0 radical (unpaired) electrons. The van der Waals surface area contributed by atoms with Crippen molar-refractivity contribution in [2.75, 3.05) is 33.7 Å². The van der Waals surface area contributed by atoms with Gasteiger partial charge in [0.05, 0.1) is 12.2 Å². The van der Waals surface area contributed by atoms with Gasteiger partial charge in [-0.2, -0.15) is 0 Å². The first kappa shape index (κ1) is 21.1. The van der Waals surface area contributed by atoms with E-state index >= 15 is 0 Å². The number of halogens is 2. The van der Waals surface area contributed by atoms with E-state index in [2.05, 4.69) is 15.6 Å². The third-order valence-electron chi connectivity index (χ3n) is 4.32. The van der Waals surface area contributed by atoms with Gasteiger partial charge in [0.1, 0.15) is 6.54 Å². The number of carbonyl (C=O) groups is 2. The summed E-state index contributed by atoms with van der Waals surface area (Å²) >= 11 is 6.32. The van der Waals surface area contributed by atoms with Gasteiger partial charge in [-0.05, 0) is 11.6 Å². The minimum absolute atomic E-state index is 0. The fourth-order valence-corrected chi connectivity index (χ4v) is 3.13. The second kappa shape index (κ2) is 9.16. The number of hydrogen-bond acceptors (Lipinski definition) is 5. The van der Waals surface area contributed by atoms with E-state index in [1.54, 1.807) is 19.0 Å². The van der Waals surface area contributed by atoms with E-state index in [1.807, 2.05) is 24.3 Å². The molecule has 0 aliphatic carbocycles. The maximum absolute atomic E-state index is 13.0. The molecule has 1 aromatic carbocycles. The number of nitrogens with one attached hydrogen (secondary N) is 1. The molecule has 2 aromatic rings. The third kappa shape index (κ3) is 4.77. The third-order valence-corrected chi connectivity index (χ3v) is 4.67. The number of carbonyl (C=O) groups excluding carboxylic acids is 2. The van der Waals surface area contributed by atoms with Crippen LogP contribution in [0.3, 0.4) is 0 Å². The van der Waals surface area contributed by atoms with Crippen LogP contribution in [0.1, 0.15) is 22.1 Å². The normalized spacial score (nSPS) is 16.6. The van der Waals surface area contributed by atoms with E-state index in [0.29, 0.717) is 24.7 Å². The van der Waals surface area contributed by atoms with E-state index in [0.717, 1.165) is 5.56 Å². The molecule has 8 nitrogen and oxygen atoms in total. The van der Waals surface area contributed by atoms with Crippen molar-refractivity contribution in [2.24, 2.45) is 0 Å². The van der Waals surface area contributed by atoms with Crippen molar-refractivity contribution in [1.82, 2.24) is 30.1 Å². The van der Waals surface area contributed by atoms with Crippen molar-refractivity contribution >= 4 is 35.8 Å². The van der Waals surface area contributed by atoms with Gasteiger partial charge in [0.25, 0.3) is 5.91 Å². The van der Waals surface area contributed by atoms with Crippen molar-refractivity contribution < 1.29 is 9.59 Å². The Balaban J connectivity index is 0.00000261. The summed E-state index contributed by atoms with van der Waals surface area (Å²) in [4.78, 5) is 28.0. The predicted molar refractivity (Wildman–Crippen MR) is 104 cm³/mol. The maximum atomic E-state index is 13.0. The van der Waals surface area contributed by atoms with Gasteiger partial charge in [0.15, 0.2) is 5.69 Å². The van der Waals surface area contributed by atoms with E-state index in [9.17, 15) is 9.59 Å². The molecule has 146 valence electrons. The first-order valence-corrected chi connectivity index (χ1v) is 8.71. The lowest BCUT2D eigenvalue weighted by Crippen LogP contribution is -2.48. The molecule has 3 rings (SSSR count). The van der Waals surface area contributed by atoms with Gasteiger partial charge >= 0.3 is 0 Å². The molecule has 1 unspecified atom stereocenters. The number of likely N-dealkylation sites (N-methyl/N-ethyl adjacent to an activating group) is 1. The second-order valence-electron chi connectivity index (χ2n) is 6.33. The van der Waals surface area contributed by atoms with Gasteiger partial charge in [-0.25, -0.2) is 4.68 Å². The summed E-state index contributed by atoms with van der Waals surface area (Å²) in [5.74, 6) is -0.343. The minimum atomic E-state index is -0.222. The van der Waals surface area contributed by atoms with Crippen molar-refractivity contribution in [3.05, 3.63) is 46.7 Å². The zero-order valence-electron chi connectivity index (χ0n) is 15.1. The van der Waals surface area contributed by atoms with E-state index in [1.165, 1.54) is 15.8 Å². The van der Waals surface area contributed by atoms with Crippen LogP contribution in [0, 0.1) is 0 Å². The number of hydrogen-bond donors (Lipinski definition) is 1. The second-order valence-corrected chi connectivity index (χ2v) is 6.74. The largest absolute Gasteiger partial charge is 0.347 e. The standard InChI is InChI=1S/C17H21ClN6O2.ClH/c1-22(2)16(25)11-23-10-14(20-21-23)17(26)24-8-7-19-9-15(24)12-5-3-4-6-13(12)18;/h3-6,10,15,19H,7-9,11H2,1-2H3;1H. The fraction of sp³-hybridized carbons (Fsp3) is 0.412. The highest BCUT2D eigenvalue weighted by atomic mass is 35.5. The van der Waals surface area contributed by atoms with E-state index in [4.69, 9.17) is 11.6 Å². The van der Waals surface area contributed by atoms with Crippen molar-refractivity contribution in [3.63, 3.8) is 0 Å². The summed E-state index contributed by atoms with van der Waals surface area (Å²) < 4.78 is 1.38.